The zero-order valence-corrected chi connectivity index (χ0v) is 21.2. The Morgan fingerprint density at radius 2 is 1.97 bits per heavy atom. The van der Waals surface area contributed by atoms with Gasteiger partial charge in [-0.15, -0.1) is 5.92 Å². The van der Waals surface area contributed by atoms with E-state index >= 15 is 0 Å². The lowest BCUT2D eigenvalue weighted by Gasteiger charge is -2.52. The fourth-order valence-corrected chi connectivity index (χ4v) is 6.45. The largest absolute Gasteiger partial charge is 0.378 e. The number of aliphatic hydroxyl groups is 1. The molecule has 5 rings (SSSR count). The minimum Gasteiger partial charge on any atom is -0.378 e. The van der Waals surface area contributed by atoms with Crippen LogP contribution in [-0.4, -0.2) is 21.6 Å². The van der Waals surface area contributed by atoms with Gasteiger partial charge in [-0.2, -0.15) is 0 Å². The molecule has 0 spiro atoms. The first-order chi connectivity index (χ1) is 17.4. The second kappa shape index (κ2) is 9.91. The average molecular weight is 479 g/mol. The molecular weight excluding hydrogens is 444 g/mol. The number of amides is 1. The predicted molar refractivity (Wildman–Crippen MR) is 142 cm³/mol. The number of benzene rings is 2. The maximum absolute atomic E-state index is 13.0. The Kier molecular flexibility index (Phi) is 6.69. The van der Waals surface area contributed by atoms with Gasteiger partial charge in [0.15, 0.2) is 0 Å². The highest BCUT2D eigenvalue weighted by atomic mass is 16.3. The van der Waals surface area contributed by atoms with Crippen molar-refractivity contribution in [1.82, 2.24) is 10.3 Å². The molecule has 0 aliphatic heterocycles. The van der Waals surface area contributed by atoms with E-state index in [0.29, 0.717) is 30.9 Å². The molecule has 4 heteroatoms. The maximum atomic E-state index is 13.0. The number of pyridine rings is 1. The summed E-state index contributed by atoms with van der Waals surface area (Å²) in [6.07, 6.45) is 6.87. The molecule has 2 aliphatic rings. The smallest absolute Gasteiger partial charge is 0.251 e. The van der Waals surface area contributed by atoms with Gasteiger partial charge in [0.05, 0.1) is 0 Å². The summed E-state index contributed by atoms with van der Waals surface area (Å²) in [4.78, 5) is 17.4. The minimum atomic E-state index is -0.901. The van der Waals surface area contributed by atoms with Gasteiger partial charge < -0.3 is 10.4 Å². The molecule has 0 unspecified atom stereocenters. The molecule has 36 heavy (non-hydrogen) atoms. The van der Waals surface area contributed by atoms with Crippen LogP contribution in [0.4, 0.5) is 0 Å². The highest BCUT2D eigenvalue weighted by Crippen LogP contribution is 2.54. The summed E-state index contributed by atoms with van der Waals surface area (Å²) in [5.74, 6) is 6.34. The lowest BCUT2D eigenvalue weighted by Crippen LogP contribution is -2.51. The van der Waals surface area contributed by atoms with Gasteiger partial charge in [-0.1, -0.05) is 48.4 Å². The molecule has 4 nitrogen and oxygen atoms in total. The van der Waals surface area contributed by atoms with Crippen LogP contribution in [0.5, 0.6) is 0 Å². The van der Waals surface area contributed by atoms with E-state index in [1.165, 1.54) is 16.7 Å². The van der Waals surface area contributed by atoms with E-state index in [-0.39, 0.29) is 11.3 Å². The molecule has 2 aliphatic carbocycles. The molecule has 184 valence electrons. The number of hydrogen-bond donors (Lipinski definition) is 2. The summed E-state index contributed by atoms with van der Waals surface area (Å²) >= 11 is 0. The van der Waals surface area contributed by atoms with Crippen LogP contribution in [0.15, 0.2) is 66.9 Å². The van der Waals surface area contributed by atoms with Crippen molar-refractivity contribution in [2.45, 2.75) is 69.9 Å². The second-order valence-electron chi connectivity index (χ2n) is 10.5. The van der Waals surface area contributed by atoms with Crippen molar-refractivity contribution < 1.29 is 9.90 Å². The Labute approximate surface area is 214 Å². The van der Waals surface area contributed by atoms with Crippen molar-refractivity contribution in [3.8, 4) is 11.8 Å². The highest BCUT2D eigenvalue weighted by molar-refractivity contribution is 5.94. The number of carbonyl (C=O) groups excluding carboxylic acids is 1. The van der Waals surface area contributed by atoms with Crippen LogP contribution in [-0.2, 0) is 24.8 Å². The van der Waals surface area contributed by atoms with Gasteiger partial charge in [-0.25, -0.2) is 0 Å². The van der Waals surface area contributed by atoms with Crippen molar-refractivity contribution in [1.29, 1.82) is 0 Å². The highest BCUT2D eigenvalue weighted by Gasteiger charge is 2.51. The van der Waals surface area contributed by atoms with E-state index in [2.05, 4.69) is 64.6 Å². The van der Waals surface area contributed by atoms with E-state index < -0.39 is 5.60 Å². The molecule has 1 fully saturated rings. The van der Waals surface area contributed by atoms with E-state index in [0.717, 1.165) is 36.9 Å². The molecule has 1 saturated carbocycles. The van der Waals surface area contributed by atoms with Crippen molar-refractivity contribution in [2.24, 2.45) is 5.92 Å². The molecule has 3 aromatic rings. The number of nitrogens with one attached hydrogen (secondary N) is 1. The minimum absolute atomic E-state index is 0.0571. The summed E-state index contributed by atoms with van der Waals surface area (Å²) in [6.45, 7) is 4.23. The predicted octanol–water partition coefficient (Wildman–Crippen LogP) is 5.30. The van der Waals surface area contributed by atoms with Crippen LogP contribution in [0.2, 0.25) is 0 Å². The normalized spacial score (nSPS) is 24.6. The first kappa shape index (κ1) is 24.3. The molecule has 1 aromatic heterocycles. The lowest BCUT2D eigenvalue weighted by molar-refractivity contribution is -0.00801. The number of aryl methyl sites for hydroxylation is 2. The van der Waals surface area contributed by atoms with Gasteiger partial charge in [0.25, 0.3) is 5.91 Å². The van der Waals surface area contributed by atoms with Crippen LogP contribution >= 0.6 is 0 Å². The molecule has 2 N–H and O–H groups in total. The maximum Gasteiger partial charge on any atom is 0.251 e. The van der Waals surface area contributed by atoms with Crippen LogP contribution in [0, 0.1) is 24.7 Å². The molecule has 0 saturated heterocycles. The second-order valence-corrected chi connectivity index (χ2v) is 10.5. The summed E-state index contributed by atoms with van der Waals surface area (Å²) in [6, 6.07) is 20.8. The number of aromatic nitrogens is 1. The Hall–Kier alpha value is -3.42. The average Bonchev–Trinajstić information content (AvgIpc) is 2.89. The van der Waals surface area contributed by atoms with Gasteiger partial charge in [0.2, 0.25) is 0 Å². The van der Waals surface area contributed by atoms with E-state index in [9.17, 15) is 9.90 Å². The molecule has 3 atom stereocenters. The first-order valence-corrected chi connectivity index (χ1v) is 12.9. The van der Waals surface area contributed by atoms with Gasteiger partial charge in [-0.3, -0.25) is 9.78 Å². The molecular formula is C32H34N2O2. The van der Waals surface area contributed by atoms with Crippen molar-refractivity contribution >= 4 is 5.91 Å². The number of hydrogen-bond acceptors (Lipinski definition) is 3. The summed E-state index contributed by atoms with van der Waals surface area (Å²) in [7, 11) is 0. The van der Waals surface area contributed by atoms with E-state index in [4.69, 9.17) is 0 Å². The molecule has 1 amide bonds. The standard InChI is InChI=1S/C32H34N2O2/c1-3-15-31(36)16-17-32(20-24-8-5-4-6-9-24)28(21-31)13-11-25-19-26(12-14-29(25)32)30(35)34-22-27-10-7-18-33-23(27)2/h4-10,12,14,18-19,28,36H,11,13,16-17,20-22H2,1-2H3,(H,34,35)/t28-,31-,32+/m1/s1. The van der Waals surface area contributed by atoms with Crippen LogP contribution in [0.1, 0.15) is 70.9 Å². The summed E-state index contributed by atoms with van der Waals surface area (Å²) in [5.41, 5.74) is 5.62. The SMILES string of the molecule is CC#C[C@@]1(O)CC[C@@]2(Cc3ccccc3)c3ccc(C(=O)NCc4cccnc4C)cc3CC[C@@H]2C1. The van der Waals surface area contributed by atoms with Gasteiger partial charge in [0, 0.05) is 29.4 Å². The number of rotatable bonds is 5. The zero-order chi connectivity index (χ0) is 25.2. The third kappa shape index (κ3) is 4.68. The Bertz CT molecular complexity index is 1320. The monoisotopic (exact) mass is 478 g/mol. The van der Waals surface area contributed by atoms with E-state index in [1.807, 2.05) is 32.0 Å². The summed E-state index contributed by atoms with van der Waals surface area (Å²) in [5, 5.41) is 14.3. The lowest BCUT2D eigenvalue weighted by atomic mass is 9.52. The first-order valence-electron chi connectivity index (χ1n) is 12.9. The number of nitrogens with zero attached hydrogens (tertiary/aromatic N) is 1. The van der Waals surface area contributed by atoms with Gasteiger partial charge >= 0.3 is 0 Å². The quantitative estimate of drug-likeness (QED) is 0.489. The van der Waals surface area contributed by atoms with Crippen molar-refractivity contribution in [3.63, 3.8) is 0 Å². The fourth-order valence-electron chi connectivity index (χ4n) is 6.45. The molecule has 1 heterocycles. The van der Waals surface area contributed by atoms with Crippen LogP contribution in [0.25, 0.3) is 0 Å². The number of carbonyl (C=O) groups is 1. The van der Waals surface area contributed by atoms with Gasteiger partial charge in [-0.05, 0) is 98.7 Å². The Morgan fingerprint density at radius 1 is 1.14 bits per heavy atom. The molecule has 0 radical (unpaired) electrons. The molecule has 2 aromatic carbocycles. The number of fused-ring (bicyclic) bond motifs is 3. The zero-order valence-electron chi connectivity index (χ0n) is 21.2. The Morgan fingerprint density at radius 3 is 2.75 bits per heavy atom. The Balaban J connectivity index is 1.44. The molecule has 0 bridgehead atoms. The third-order valence-corrected chi connectivity index (χ3v) is 8.29. The van der Waals surface area contributed by atoms with Crippen LogP contribution in [0.3, 0.4) is 0 Å². The van der Waals surface area contributed by atoms with Crippen LogP contribution < -0.4 is 5.32 Å². The third-order valence-electron chi connectivity index (χ3n) is 8.29. The van der Waals surface area contributed by atoms with Crippen molar-refractivity contribution in [2.75, 3.05) is 0 Å². The summed E-state index contributed by atoms with van der Waals surface area (Å²) < 4.78 is 0. The van der Waals surface area contributed by atoms with Crippen molar-refractivity contribution in [3.05, 3.63) is 100 Å². The topological polar surface area (TPSA) is 62.2 Å². The van der Waals surface area contributed by atoms with E-state index in [1.54, 1.807) is 6.20 Å². The van der Waals surface area contributed by atoms with Gasteiger partial charge in [0.1, 0.15) is 5.60 Å². The fraction of sp³-hybridized carbons (Fsp3) is 0.375.